The van der Waals surface area contributed by atoms with Gasteiger partial charge in [0.15, 0.2) is 0 Å². The van der Waals surface area contributed by atoms with Gasteiger partial charge in [0.1, 0.15) is 11.8 Å². The van der Waals surface area contributed by atoms with Crippen LogP contribution < -0.4 is 4.74 Å². The highest BCUT2D eigenvalue weighted by molar-refractivity contribution is 6.20. The zero-order valence-corrected chi connectivity index (χ0v) is 22.8. The molecule has 3 unspecified atom stereocenters. The molecule has 0 bridgehead atoms. The second-order valence-corrected chi connectivity index (χ2v) is 10.7. The van der Waals surface area contributed by atoms with Gasteiger partial charge in [-0.25, -0.2) is 0 Å². The Labute approximate surface area is 219 Å². The molecule has 2 aromatic rings. The third-order valence-electron chi connectivity index (χ3n) is 6.98. The molecule has 0 fully saturated rings. The summed E-state index contributed by atoms with van der Waals surface area (Å²) in [6.07, 6.45) is 0.935. The number of nitrogens with zero attached hydrogens (tertiary/aromatic N) is 2. The molecule has 2 aromatic carbocycles. The Hall–Kier alpha value is -3.23. The zero-order valence-electron chi connectivity index (χ0n) is 22.8. The molecule has 2 amide bonds. The number of hydrogen-bond donors (Lipinski definition) is 0. The van der Waals surface area contributed by atoms with Crippen LogP contribution in [0.1, 0.15) is 60.4 Å². The van der Waals surface area contributed by atoms with E-state index in [-0.39, 0.29) is 29.4 Å². The molecule has 1 aliphatic heterocycles. The van der Waals surface area contributed by atoms with Crippen LogP contribution in [-0.4, -0.2) is 67.7 Å². The normalized spacial score (nSPS) is 15.9. The highest BCUT2D eigenvalue weighted by Gasteiger charge is 2.40. The molecule has 200 valence electrons. The SMILES string of the molecule is COC(=O)C(Cc1ccc(OCC(C)CC(C)(C)C(C)ON2C(=O)c3ccccc3C2=O)cc1)N(C)C. The van der Waals surface area contributed by atoms with E-state index in [9.17, 15) is 14.4 Å². The number of likely N-dealkylation sites (N-methyl/N-ethyl adjacent to an activating group) is 1. The Morgan fingerprint density at radius 2 is 1.54 bits per heavy atom. The summed E-state index contributed by atoms with van der Waals surface area (Å²) in [6, 6.07) is 14.1. The minimum absolute atomic E-state index is 0.195. The number of rotatable bonds is 12. The Balaban J connectivity index is 1.51. The van der Waals surface area contributed by atoms with Gasteiger partial charge in [-0.1, -0.05) is 45.0 Å². The van der Waals surface area contributed by atoms with E-state index in [1.807, 2.05) is 50.2 Å². The van der Waals surface area contributed by atoms with E-state index in [2.05, 4.69) is 20.8 Å². The van der Waals surface area contributed by atoms with E-state index < -0.39 is 11.8 Å². The van der Waals surface area contributed by atoms with Crippen LogP contribution in [0.25, 0.3) is 0 Å². The second-order valence-electron chi connectivity index (χ2n) is 10.7. The van der Waals surface area contributed by atoms with Crippen molar-refractivity contribution in [2.45, 2.75) is 52.7 Å². The topological polar surface area (TPSA) is 85.4 Å². The molecule has 0 N–H and O–H groups in total. The third-order valence-corrected chi connectivity index (χ3v) is 6.98. The average molecular weight is 511 g/mol. The zero-order chi connectivity index (χ0) is 27.3. The number of amides is 2. The van der Waals surface area contributed by atoms with Gasteiger partial charge in [0, 0.05) is 0 Å². The summed E-state index contributed by atoms with van der Waals surface area (Å²) in [6.45, 7) is 8.60. The van der Waals surface area contributed by atoms with Gasteiger partial charge >= 0.3 is 5.97 Å². The van der Waals surface area contributed by atoms with Crippen LogP contribution in [-0.2, 0) is 20.8 Å². The fraction of sp³-hybridized carbons (Fsp3) is 0.483. The number of hydrogen-bond acceptors (Lipinski definition) is 7. The molecular weight excluding hydrogens is 472 g/mol. The standard InChI is InChI=1S/C29H38N2O6/c1-19(18-36-22-14-12-21(13-15-22)16-25(30(5)6)28(34)35-7)17-29(3,4)20(2)37-31-26(32)23-10-8-9-11-24(23)27(31)33/h8-15,19-20,25H,16-18H2,1-7H3. The third kappa shape index (κ3) is 6.76. The Morgan fingerprint density at radius 3 is 2.05 bits per heavy atom. The minimum Gasteiger partial charge on any atom is -0.493 e. The van der Waals surface area contributed by atoms with Crippen LogP contribution >= 0.6 is 0 Å². The van der Waals surface area contributed by atoms with Crippen molar-refractivity contribution in [1.82, 2.24) is 9.96 Å². The van der Waals surface area contributed by atoms with E-state index in [4.69, 9.17) is 14.3 Å². The summed E-state index contributed by atoms with van der Waals surface area (Å²) >= 11 is 0. The minimum atomic E-state index is -0.424. The number of hydroxylamine groups is 2. The molecule has 3 rings (SSSR count). The molecule has 0 aliphatic carbocycles. The molecule has 0 spiro atoms. The second kappa shape index (κ2) is 11.9. The Kier molecular flexibility index (Phi) is 9.10. The van der Waals surface area contributed by atoms with E-state index in [1.54, 1.807) is 24.3 Å². The molecule has 8 nitrogen and oxygen atoms in total. The quantitative estimate of drug-likeness (QED) is 0.309. The molecule has 0 saturated carbocycles. The number of esters is 1. The van der Waals surface area contributed by atoms with Crippen molar-refractivity contribution >= 4 is 17.8 Å². The summed E-state index contributed by atoms with van der Waals surface area (Å²) in [5.41, 5.74) is 1.43. The van der Waals surface area contributed by atoms with E-state index in [0.29, 0.717) is 24.2 Å². The number of ether oxygens (including phenoxy) is 2. The van der Waals surface area contributed by atoms with Gasteiger partial charge in [-0.2, -0.15) is 0 Å². The van der Waals surface area contributed by atoms with Gasteiger partial charge < -0.3 is 9.47 Å². The van der Waals surface area contributed by atoms with Crippen LogP contribution in [0.3, 0.4) is 0 Å². The first-order chi connectivity index (χ1) is 17.4. The largest absolute Gasteiger partial charge is 0.493 e. The summed E-state index contributed by atoms with van der Waals surface area (Å²) in [7, 11) is 5.11. The van der Waals surface area contributed by atoms with Crippen molar-refractivity contribution in [2.75, 3.05) is 27.8 Å². The van der Waals surface area contributed by atoms with Crippen molar-refractivity contribution in [3.63, 3.8) is 0 Å². The number of fused-ring (bicyclic) bond motifs is 1. The molecular formula is C29H38N2O6. The molecule has 1 heterocycles. The van der Waals surface area contributed by atoms with Crippen LogP contribution in [0.15, 0.2) is 48.5 Å². The lowest BCUT2D eigenvalue weighted by molar-refractivity contribution is -0.162. The predicted octanol–water partition coefficient (Wildman–Crippen LogP) is 4.38. The molecule has 0 aromatic heterocycles. The number of benzene rings is 2. The molecule has 0 radical (unpaired) electrons. The van der Waals surface area contributed by atoms with Gasteiger partial charge in [0.05, 0.1) is 30.9 Å². The molecule has 1 aliphatic rings. The maximum atomic E-state index is 12.7. The van der Waals surface area contributed by atoms with Gasteiger partial charge in [0.25, 0.3) is 11.8 Å². The first-order valence-electron chi connectivity index (χ1n) is 12.5. The predicted molar refractivity (Wildman–Crippen MR) is 140 cm³/mol. The highest BCUT2D eigenvalue weighted by Crippen LogP contribution is 2.34. The van der Waals surface area contributed by atoms with E-state index in [0.717, 1.165) is 22.8 Å². The van der Waals surface area contributed by atoms with Gasteiger partial charge in [-0.05, 0) is 75.0 Å². The molecule has 3 atom stereocenters. The Bertz CT molecular complexity index is 1080. The first kappa shape index (κ1) is 28.3. The van der Waals surface area contributed by atoms with Gasteiger partial charge in [-0.15, -0.1) is 5.06 Å². The summed E-state index contributed by atoms with van der Waals surface area (Å²) in [4.78, 5) is 45.0. The monoisotopic (exact) mass is 510 g/mol. The number of carbonyl (C=O) groups is 3. The van der Waals surface area contributed by atoms with Gasteiger partial charge in [-0.3, -0.25) is 24.1 Å². The fourth-order valence-electron chi connectivity index (χ4n) is 4.48. The number of imide groups is 1. The lowest BCUT2D eigenvalue weighted by Gasteiger charge is -2.35. The number of carbonyl (C=O) groups excluding carboxylic acids is 3. The Morgan fingerprint density at radius 1 is 0.973 bits per heavy atom. The van der Waals surface area contributed by atoms with Crippen molar-refractivity contribution in [3.8, 4) is 5.75 Å². The molecule has 0 saturated heterocycles. The van der Waals surface area contributed by atoms with Crippen molar-refractivity contribution < 1.29 is 28.7 Å². The highest BCUT2D eigenvalue weighted by atomic mass is 16.7. The van der Waals surface area contributed by atoms with Gasteiger partial charge in [0.2, 0.25) is 0 Å². The molecule has 8 heteroatoms. The fourth-order valence-corrected chi connectivity index (χ4v) is 4.48. The van der Waals surface area contributed by atoms with Crippen molar-refractivity contribution in [2.24, 2.45) is 11.3 Å². The van der Waals surface area contributed by atoms with Crippen LogP contribution in [0.5, 0.6) is 5.75 Å². The van der Waals surface area contributed by atoms with Crippen LogP contribution in [0.2, 0.25) is 0 Å². The maximum absolute atomic E-state index is 12.7. The smallest absolute Gasteiger partial charge is 0.323 e. The maximum Gasteiger partial charge on any atom is 0.323 e. The number of methoxy groups -OCH3 is 1. The lowest BCUT2D eigenvalue weighted by atomic mass is 9.79. The first-order valence-corrected chi connectivity index (χ1v) is 12.5. The summed E-state index contributed by atoms with van der Waals surface area (Å²) < 4.78 is 10.9. The van der Waals surface area contributed by atoms with Crippen LogP contribution in [0.4, 0.5) is 0 Å². The lowest BCUT2D eigenvalue weighted by Crippen LogP contribution is -2.40. The summed E-state index contributed by atoms with van der Waals surface area (Å²) in [5.74, 6) is -0.162. The van der Waals surface area contributed by atoms with Crippen molar-refractivity contribution in [3.05, 3.63) is 65.2 Å². The average Bonchev–Trinajstić information content (AvgIpc) is 3.10. The van der Waals surface area contributed by atoms with Crippen molar-refractivity contribution in [1.29, 1.82) is 0 Å². The van der Waals surface area contributed by atoms with E-state index >= 15 is 0 Å². The van der Waals surface area contributed by atoms with Crippen LogP contribution in [0, 0.1) is 11.3 Å². The van der Waals surface area contributed by atoms with E-state index in [1.165, 1.54) is 7.11 Å². The molecule has 37 heavy (non-hydrogen) atoms. The summed E-state index contributed by atoms with van der Waals surface area (Å²) in [5, 5.41) is 0.890.